The SMILES string of the molecule is CC1(C)C(NCc2ccccc2[N+](=O)[O-])[C@]2(C)CC[C@H]1C2. The second-order valence-electron chi connectivity index (χ2n) is 7.61. The van der Waals surface area contributed by atoms with Crippen LogP contribution >= 0.6 is 0 Å². The molecule has 2 bridgehead atoms. The quantitative estimate of drug-likeness (QED) is 0.675. The van der Waals surface area contributed by atoms with Gasteiger partial charge in [-0.2, -0.15) is 0 Å². The average molecular weight is 288 g/mol. The largest absolute Gasteiger partial charge is 0.309 e. The van der Waals surface area contributed by atoms with E-state index in [1.54, 1.807) is 12.1 Å². The molecule has 2 aliphatic rings. The molecule has 2 aliphatic carbocycles. The molecule has 1 N–H and O–H groups in total. The molecule has 1 unspecified atom stereocenters. The molecule has 3 rings (SSSR count). The summed E-state index contributed by atoms with van der Waals surface area (Å²) in [6, 6.07) is 7.48. The van der Waals surface area contributed by atoms with Gasteiger partial charge in [-0.25, -0.2) is 0 Å². The first-order valence-electron chi connectivity index (χ1n) is 7.80. The minimum Gasteiger partial charge on any atom is -0.309 e. The molecule has 0 heterocycles. The summed E-state index contributed by atoms with van der Waals surface area (Å²) in [6.45, 7) is 7.64. The van der Waals surface area contributed by atoms with Gasteiger partial charge in [0, 0.05) is 24.2 Å². The molecule has 0 spiro atoms. The Labute approximate surface area is 126 Å². The predicted molar refractivity (Wildman–Crippen MR) is 83.0 cm³/mol. The number of nitro groups is 1. The number of nitrogens with one attached hydrogen (secondary N) is 1. The van der Waals surface area contributed by atoms with Crippen LogP contribution in [0.4, 0.5) is 5.69 Å². The normalized spacial score (nSPS) is 33.3. The van der Waals surface area contributed by atoms with Crippen LogP contribution in [-0.2, 0) is 6.54 Å². The zero-order chi connectivity index (χ0) is 15.3. The molecular weight excluding hydrogens is 264 g/mol. The summed E-state index contributed by atoms with van der Waals surface area (Å²) in [6.07, 6.45) is 3.89. The Morgan fingerprint density at radius 2 is 2.05 bits per heavy atom. The summed E-state index contributed by atoms with van der Waals surface area (Å²) in [5, 5.41) is 14.8. The van der Waals surface area contributed by atoms with Crippen molar-refractivity contribution in [3.05, 3.63) is 39.9 Å². The molecule has 2 saturated carbocycles. The van der Waals surface area contributed by atoms with Crippen molar-refractivity contribution in [1.82, 2.24) is 5.32 Å². The minimum atomic E-state index is -0.287. The second-order valence-corrected chi connectivity index (χ2v) is 7.61. The van der Waals surface area contributed by atoms with Crippen molar-refractivity contribution in [1.29, 1.82) is 0 Å². The van der Waals surface area contributed by atoms with Gasteiger partial charge in [-0.3, -0.25) is 10.1 Å². The van der Waals surface area contributed by atoms with E-state index >= 15 is 0 Å². The fraction of sp³-hybridized carbons (Fsp3) is 0.647. The van der Waals surface area contributed by atoms with Gasteiger partial charge in [-0.05, 0) is 36.0 Å². The molecule has 2 fully saturated rings. The number of nitrogens with zero attached hydrogens (tertiary/aromatic N) is 1. The van der Waals surface area contributed by atoms with E-state index in [1.807, 2.05) is 12.1 Å². The van der Waals surface area contributed by atoms with Crippen molar-refractivity contribution >= 4 is 5.69 Å². The molecule has 0 amide bonds. The molecule has 4 heteroatoms. The minimum absolute atomic E-state index is 0.219. The van der Waals surface area contributed by atoms with Crippen LogP contribution in [0.2, 0.25) is 0 Å². The zero-order valence-corrected chi connectivity index (χ0v) is 13.1. The second kappa shape index (κ2) is 4.80. The molecule has 1 aromatic carbocycles. The lowest BCUT2D eigenvalue weighted by atomic mass is 9.68. The fourth-order valence-corrected chi connectivity index (χ4v) is 4.86. The molecule has 1 aromatic rings. The van der Waals surface area contributed by atoms with E-state index in [1.165, 1.54) is 19.3 Å². The lowest BCUT2D eigenvalue weighted by molar-refractivity contribution is -0.385. The van der Waals surface area contributed by atoms with Gasteiger partial charge in [-0.1, -0.05) is 39.0 Å². The van der Waals surface area contributed by atoms with E-state index < -0.39 is 0 Å². The van der Waals surface area contributed by atoms with Gasteiger partial charge in [0.15, 0.2) is 0 Å². The molecule has 0 aliphatic heterocycles. The first-order valence-corrected chi connectivity index (χ1v) is 7.80. The number of nitro benzene ring substituents is 1. The average Bonchev–Trinajstić information content (AvgIpc) is 2.89. The highest BCUT2D eigenvalue weighted by atomic mass is 16.6. The Kier molecular flexibility index (Phi) is 3.32. The number of rotatable bonds is 4. The van der Waals surface area contributed by atoms with Crippen molar-refractivity contribution in [2.45, 2.75) is 52.6 Å². The third kappa shape index (κ3) is 2.26. The summed E-state index contributed by atoms with van der Waals surface area (Å²) < 4.78 is 0. The van der Waals surface area contributed by atoms with Crippen molar-refractivity contribution in [2.75, 3.05) is 0 Å². The zero-order valence-electron chi connectivity index (χ0n) is 13.1. The summed E-state index contributed by atoms with van der Waals surface area (Å²) in [5.74, 6) is 0.783. The van der Waals surface area contributed by atoms with Crippen LogP contribution in [0.15, 0.2) is 24.3 Å². The van der Waals surface area contributed by atoms with Gasteiger partial charge >= 0.3 is 0 Å². The maximum Gasteiger partial charge on any atom is 0.273 e. The predicted octanol–water partition coefficient (Wildman–Crippen LogP) is 3.90. The number of fused-ring (bicyclic) bond motifs is 2. The number of benzene rings is 1. The van der Waals surface area contributed by atoms with Crippen LogP contribution in [0.1, 0.15) is 45.6 Å². The van der Waals surface area contributed by atoms with E-state index in [0.717, 1.165) is 11.5 Å². The highest BCUT2D eigenvalue weighted by Crippen LogP contribution is 2.62. The molecule has 114 valence electrons. The van der Waals surface area contributed by atoms with Gasteiger partial charge in [0.05, 0.1) is 4.92 Å². The number of hydrogen-bond donors (Lipinski definition) is 1. The molecule has 0 radical (unpaired) electrons. The van der Waals surface area contributed by atoms with Crippen LogP contribution in [-0.4, -0.2) is 11.0 Å². The van der Waals surface area contributed by atoms with E-state index in [9.17, 15) is 10.1 Å². The van der Waals surface area contributed by atoms with Crippen LogP contribution in [0.5, 0.6) is 0 Å². The summed E-state index contributed by atoms with van der Waals surface area (Å²) >= 11 is 0. The van der Waals surface area contributed by atoms with Gasteiger partial charge in [0.1, 0.15) is 0 Å². The number of para-hydroxylation sites is 1. The fourth-order valence-electron chi connectivity index (χ4n) is 4.86. The molecule has 21 heavy (non-hydrogen) atoms. The van der Waals surface area contributed by atoms with Crippen molar-refractivity contribution in [2.24, 2.45) is 16.7 Å². The Bertz CT molecular complexity index is 565. The first-order chi connectivity index (χ1) is 9.84. The van der Waals surface area contributed by atoms with E-state index in [4.69, 9.17) is 0 Å². The van der Waals surface area contributed by atoms with Crippen LogP contribution in [0.3, 0.4) is 0 Å². The molecule has 3 atom stereocenters. The van der Waals surface area contributed by atoms with Crippen molar-refractivity contribution in [3.8, 4) is 0 Å². The lowest BCUT2D eigenvalue weighted by Gasteiger charge is -2.43. The van der Waals surface area contributed by atoms with Crippen LogP contribution < -0.4 is 5.32 Å². The Morgan fingerprint density at radius 1 is 1.33 bits per heavy atom. The maximum atomic E-state index is 11.1. The molecule has 0 aromatic heterocycles. The third-order valence-corrected chi connectivity index (χ3v) is 5.95. The third-order valence-electron chi connectivity index (χ3n) is 5.95. The monoisotopic (exact) mass is 288 g/mol. The molecule has 0 saturated heterocycles. The lowest BCUT2D eigenvalue weighted by Crippen LogP contribution is -2.49. The topological polar surface area (TPSA) is 55.2 Å². The number of hydrogen-bond acceptors (Lipinski definition) is 3. The van der Waals surface area contributed by atoms with Crippen molar-refractivity contribution < 1.29 is 4.92 Å². The van der Waals surface area contributed by atoms with Gasteiger partial charge < -0.3 is 5.32 Å². The summed E-state index contributed by atoms with van der Waals surface area (Å²) in [4.78, 5) is 10.8. The van der Waals surface area contributed by atoms with Gasteiger partial charge in [0.2, 0.25) is 0 Å². The standard InChI is InChI=1S/C17H24N2O2/c1-16(2)13-8-9-17(3,10-13)15(16)18-11-12-6-4-5-7-14(12)19(20)21/h4-7,13,15,18H,8-11H2,1-3H3/t13-,15?,17+/m0/s1. The van der Waals surface area contributed by atoms with Crippen LogP contribution in [0, 0.1) is 26.9 Å². The summed E-state index contributed by atoms with van der Waals surface area (Å²) in [7, 11) is 0. The van der Waals surface area contributed by atoms with E-state index in [0.29, 0.717) is 18.0 Å². The van der Waals surface area contributed by atoms with E-state index in [2.05, 4.69) is 26.1 Å². The Hall–Kier alpha value is -1.42. The Balaban J connectivity index is 1.78. The highest BCUT2D eigenvalue weighted by molar-refractivity contribution is 5.39. The van der Waals surface area contributed by atoms with E-state index in [-0.39, 0.29) is 16.0 Å². The van der Waals surface area contributed by atoms with Crippen LogP contribution in [0.25, 0.3) is 0 Å². The Morgan fingerprint density at radius 3 is 2.67 bits per heavy atom. The maximum absolute atomic E-state index is 11.1. The smallest absolute Gasteiger partial charge is 0.273 e. The molecule has 4 nitrogen and oxygen atoms in total. The highest BCUT2D eigenvalue weighted by Gasteiger charge is 2.58. The summed E-state index contributed by atoms with van der Waals surface area (Å²) in [5.41, 5.74) is 1.62. The first kappa shape index (κ1) is 14.5. The van der Waals surface area contributed by atoms with Gasteiger partial charge in [0.25, 0.3) is 5.69 Å². The molecular formula is C17H24N2O2. The van der Waals surface area contributed by atoms with Crippen molar-refractivity contribution in [3.63, 3.8) is 0 Å². The van der Waals surface area contributed by atoms with Gasteiger partial charge in [-0.15, -0.1) is 0 Å².